The van der Waals surface area contributed by atoms with E-state index in [1.54, 1.807) is 12.1 Å². The first-order valence-electron chi connectivity index (χ1n) is 11.0. The first-order chi connectivity index (χ1) is 15.3. The molecule has 10 heteroatoms. The van der Waals surface area contributed by atoms with Gasteiger partial charge in [0.2, 0.25) is 0 Å². The van der Waals surface area contributed by atoms with Crippen molar-refractivity contribution in [1.82, 2.24) is 15.3 Å². The van der Waals surface area contributed by atoms with Crippen molar-refractivity contribution in [3.8, 4) is 11.4 Å². The van der Waals surface area contributed by atoms with Crippen LogP contribution < -0.4 is 15.5 Å². The molecule has 0 saturated carbocycles. The number of hydrogen-bond donors (Lipinski definition) is 4. The number of fused-ring (bicyclic) bond motifs is 1. The molecule has 1 aromatic heterocycles. The summed E-state index contributed by atoms with van der Waals surface area (Å²) in [6.07, 6.45) is 0.902. The molecule has 32 heavy (non-hydrogen) atoms. The van der Waals surface area contributed by atoms with E-state index in [-0.39, 0.29) is 17.8 Å². The van der Waals surface area contributed by atoms with Crippen molar-refractivity contribution < 1.29 is 18.6 Å². The van der Waals surface area contributed by atoms with Crippen LogP contribution in [0.4, 0.5) is 16.3 Å². The highest BCUT2D eigenvalue weighted by atomic mass is 32.3. The van der Waals surface area contributed by atoms with E-state index in [0.717, 1.165) is 23.4 Å². The Kier molecular flexibility index (Phi) is 6.57. The smallest absolute Gasteiger partial charge is 0.319 e. The summed E-state index contributed by atoms with van der Waals surface area (Å²) in [6.45, 7) is 8.29. The number of amides is 2. The summed E-state index contributed by atoms with van der Waals surface area (Å²) in [6, 6.07) is 7.25. The fourth-order valence-electron chi connectivity index (χ4n) is 4.20. The molecule has 4 N–H and O–H groups in total. The van der Waals surface area contributed by atoms with Crippen LogP contribution in [0.3, 0.4) is 0 Å². The summed E-state index contributed by atoms with van der Waals surface area (Å²) in [7, 11) is -2.81. The monoisotopic (exact) mass is 461 g/mol. The number of nitrogens with zero attached hydrogens (tertiary/aromatic N) is 3. The van der Waals surface area contributed by atoms with Crippen molar-refractivity contribution in [3.63, 3.8) is 0 Å². The Hall–Kier alpha value is -2.40. The Bertz CT molecular complexity index is 985. The normalized spacial score (nSPS) is 22.8. The molecule has 0 radical (unpaired) electrons. The number of carbonyl (C=O) groups is 1. The molecule has 0 unspecified atom stereocenters. The number of urea groups is 1. The first kappa shape index (κ1) is 22.8. The second kappa shape index (κ2) is 9.22. The van der Waals surface area contributed by atoms with Crippen LogP contribution in [0, 0.1) is 0 Å². The van der Waals surface area contributed by atoms with Gasteiger partial charge in [0.15, 0.2) is 5.82 Å². The number of ether oxygens (including phenoxy) is 1. The fraction of sp³-hybridized carbons (Fsp3) is 0.500. The zero-order valence-electron chi connectivity index (χ0n) is 18.7. The molecule has 9 nitrogen and oxygen atoms in total. The van der Waals surface area contributed by atoms with Gasteiger partial charge in [-0.3, -0.25) is 9.11 Å². The van der Waals surface area contributed by atoms with Gasteiger partial charge in [0.1, 0.15) is 5.82 Å². The minimum absolute atomic E-state index is 0.143. The number of rotatable bonds is 5. The Morgan fingerprint density at radius 3 is 2.69 bits per heavy atom. The van der Waals surface area contributed by atoms with Gasteiger partial charge in [0, 0.05) is 29.9 Å². The van der Waals surface area contributed by atoms with Gasteiger partial charge < -0.3 is 20.3 Å². The lowest BCUT2D eigenvalue weighted by molar-refractivity contribution is 0.0924. The predicted molar refractivity (Wildman–Crippen MR) is 127 cm³/mol. The summed E-state index contributed by atoms with van der Waals surface area (Å²) in [5, 5.41) is 5.07. The average Bonchev–Trinajstić information content (AvgIpc) is 3.02. The van der Waals surface area contributed by atoms with Crippen molar-refractivity contribution >= 4 is 28.1 Å². The molecule has 2 aliphatic rings. The van der Waals surface area contributed by atoms with Gasteiger partial charge >= 0.3 is 6.03 Å². The third-order valence-corrected chi connectivity index (χ3v) is 8.10. The molecule has 3 heterocycles. The molecular formula is C22H31N5O4S. The lowest BCUT2D eigenvalue weighted by Gasteiger charge is -2.38. The van der Waals surface area contributed by atoms with Gasteiger partial charge in [-0.2, -0.15) is 10.6 Å². The Morgan fingerprint density at radius 1 is 1.25 bits per heavy atom. The van der Waals surface area contributed by atoms with Gasteiger partial charge in [-0.1, -0.05) is 6.92 Å². The fourth-order valence-corrected chi connectivity index (χ4v) is 5.69. The van der Waals surface area contributed by atoms with E-state index in [1.165, 1.54) is 0 Å². The van der Waals surface area contributed by atoms with E-state index in [9.17, 15) is 13.9 Å². The van der Waals surface area contributed by atoms with Crippen LogP contribution in [0.5, 0.6) is 0 Å². The second-order valence-electron chi connectivity index (χ2n) is 8.13. The number of morpholine rings is 1. The number of hydrogen-bond acceptors (Lipinski definition) is 7. The van der Waals surface area contributed by atoms with Crippen molar-refractivity contribution in [2.45, 2.75) is 44.2 Å². The SMILES string of the molecule is CCNC(=O)Nc1ccc(-c2nc3c(c(N4CCOC[C@@H]4CC)n2)[C@@H](C)S(O)(O)C3)cc1. The van der Waals surface area contributed by atoms with Gasteiger partial charge in [-0.25, -0.2) is 14.8 Å². The van der Waals surface area contributed by atoms with Crippen LogP contribution in [0.25, 0.3) is 11.4 Å². The highest BCUT2D eigenvalue weighted by Gasteiger charge is 2.40. The topological polar surface area (TPSA) is 120 Å². The van der Waals surface area contributed by atoms with Crippen LogP contribution in [-0.2, 0) is 10.5 Å². The number of anilines is 2. The van der Waals surface area contributed by atoms with Gasteiger partial charge in [0.25, 0.3) is 0 Å². The lowest BCUT2D eigenvalue weighted by Crippen LogP contribution is -2.46. The third kappa shape index (κ3) is 4.40. The zero-order chi connectivity index (χ0) is 22.9. The van der Waals surface area contributed by atoms with Crippen molar-refractivity contribution in [2.75, 3.05) is 36.5 Å². The summed E-state index contributed by atoms with van der Waals surface area (Å²) < 4.78 is 26.9. The number of aromatic nitrogens is 2. The van der Waals surface area contributed by atoms with Crippen molar-refractivity contribution in [3.05, 3.63) is 35.5 Å². The average molecular weight is 462 g/mol. The number of carbonyl (C=O) groups excluding carboxylic acids is 1. The standard InChI is InChI=1S/C22H31N5O4S/c1-4-17-12-31-11-10-27(17)21-19-14(3)32(29,30)13-18(19)25-20(26-21)15-6-8-16(9-7-15)24-22(28)23-5-2/h6-9,14,17,29-30H,4-5,10-13H2,1-3H3,(H2,23,24,28)/t14-,17+/m1/s1. The minimum Gasteiger partial charge on any atom is -0.377 e. The first-order valence-corrected chi connectivity index (χ1v) is 12.8. The van der Waals surface area contributed by atoms with Crippen LogP contribution in [0.1, 0.15) is 43.7 Å². The maximum atomic E-state index is 11.8. The molecular weight excluding hydrogens is 430 g/mol. The number of benzene rings is 1. The van der Waals surface area contributed by atoms with E-state index in [2.05, 4.69) is 22.5 Å². The van der Waals surface area contributed by atoms with Crippen LogP contribution in [0.2, 0.25) is 0 Å². The molecule has 1 fully saturated rings. The molecule has 2 atom stereocenters. The van der Waals surface area contributed by atoms with Gasteiger partial charge in [-0.05, 0) is 44.5 Å². The third-order valence-electron chi connectivity index (χ3n) is 6.04. The zero-order valence-corrected chi connectivity index (χ0v) is 19.5. The van der Waals surface area contributed by atoms with E-state index in [1.807, 2.05) is 26.0 Å². The molecule has 2 aromatic rings. The molecule has 174 valence electrons. The molecule has 1 saturated heterocycles. The Balaban J connectivity index is 1.72. The molecule has 0 aliphatic carbocycles. The molecule has 0 spiro atoms. The summed E-state index contributed by atoms with van der Waals surface area (Å²) in [5.74, 6) is 1.45. The lowest BCUT2D eigenvalue weighted by atomic mass is 10.1. The second-order valence-corrected chi connectivity index (χ2v) is 10.6. The van der Waals surface area contributed by atoms with E-state index in [4.69, 9.17) is 14.7 Å². The maximum absolute atomic E-state index is 11.8. The van der Waals surface area contributed by atoms with Crippen LogP contribution in [-0.4, -0.2) is 57.4 Å². The number of nitrogens with one attached hydrogen (secondary N) is 2. The minimum atomic E-state index is -2.81. The molecule has 2 aliphatic heterocycles. The maximum Gasteiger partial charge on any atom is 0.319 e. The van der Waals surface area contributed by atoms with Gasteiger partial charge in [0.05, 0.1) is 36.0 Å². The van der Waals surface area contributed by atoms with Crippen molar-refractivity contribution in [1.29, 1.82) is 0 Å². The Morgan fingerprint density at radius 2 is 2.00 bits per heavy atom. The van der Waals surface area contributed by atoms with Crippen LogP contribution >= 0.6 is 10.6 Å². The van der Waals surface area contributed by atoms with Crippen molar-refractivity contribution in [2.24, 2.45) is 0 Å². The van der Waals surface area contributed by atoms with E-state index >= 15 is 0 Å². The molecule has 1 aromatic carbocycles. The molecule has 2 amide bonds. The summed E-state index contributed by atoms with van der Waals surface area (Å²) in [4.78, 5) is 23.6. The van der Waals surface area contributed by atoms with E-state index in [0.29, 0.717) is 43.5 Å². The molecule has 4 rings (SSSR count). The highest BCUT2D eigenvalue weighted by molar-refractivity contribution is 8.24. The van der Waals surface area contributed by atoms with Gasteiger partial charge in [-0.15, -0.1) is 0 Å². The Labute approximate surface area is 189 Å². The van der Waals surface area contributed by atoms with E-state index < -0.39 is 15.8 Å². The largest absolute Gasteiger partial charge is 0.377 e. The van der Waals surface area contributed by atoms with Crippen LogP contribution in [0.15, 0.2) is 24.3 Å². The highest BCUT2D eigenvalue weighted by Crippen LogP contribution is 2.63. The quantitative estimate of drug-likeness (QED) is 0.526. The molecule has 0 bridgehead atoms. The predicted octanol–water partition coefficient (Wildman–Crippen LogP) is 4.23. The summed E-state index contributed by atoms with van der Waals surface area (Å²) >= 11 is 0. The summed E-state index contributed by atoms with van der Waals surface area (Å²) in [5.41, 5.74) is 3.00.